The number of ether oxygens (including phenoxy) is 1. The highest BCUT2D eigenvalue weighted by atomic mass is 32.1. The molecule has 1 aromatic carbocycles. The largest absolute Gasteiger partial charge is 0.465 e. The van der Waals surface area contributed by atoms with Gasteiger partial charge in [-0.3, -0.25) is 15.5 Å². The Morgan fingerprint density at radius 2 is 2.05 bits per heavy atom. The van der Waals surface area contributed by atoms with Crippen molar-refractivity contribution in [2.24, 2.45) is 10.3 Å². The second kappa shape index (κ2) is 6.57. The Hall–Kier alpha value is -2.81. The Morgan fingerprint density at radius 3 is 2.67 bits per heavy atom. The molecule has 1 aromatic heterocycles. The molecule has 2 aromatic rings. The molecule has 0 saturated heterocycles. The average molecular weight is 306 g/mol. The molecule has 0 aliphatic carbocycles. The first kappa shape index (κ1) is 14.6. The van der Waals surface area contributed by atoms with E-state index in [0.29, 0.717) is 16.3 Å². The Morgan fingerprint density at radius 1 is 1.33 bits per heavy atom. The van der Waals surface area contributed by atoms with Crippen LogP contribution < -0.4 is 5.43 Å². The molecule has 0 bridgehead atoms. The molecular formula is C12H10N4O4S. The molecule has 9 heteroatoms. The summed E-state index contributed by atoms with van der Waals surface area (Å²) in [5.74, 6) is -0.478. The molecule has 108 valence electrons. The maximum absolute atomic E-state index is 11.4. The summed E-state index contributed by atoms with van der Waals surface area (Å²) in [6.45, 7) is 0. The van der Waals surface area contributed by atoms with Crippen LogP contribution in [0.4, 0.5) is 17.1 Å². The Bertz CT molecular complexity index is 681. The van der Waals surface area contributed by atoms with Crippen LogP contribution in [0, 0.1) is 10.1 Å². The first-order valence-electron chi connectivity index (χ1n) is 5.69. The standard InChI is InChI=1S/C12H10N4O4S/c1-20-12(17)11-10(6-7-21-11)14-15-13-8-2-4-9(5-3-8)16(18)19/h2-7H,1H3,(H,13,14). The van der Waals surface area contributed by atoms with Crippen molar-refractivity contribution in [3.05, 3.63) is 50.7 Å². The number of nitrogens with one attached hydrogen (secondary N) is 1. The van der Waals surface area contributed by atoms with Crippen molar-refractivity contribution in [2.45, 2.75) is 0 Å². The molecular weight excluding hydrogens is 296 g/mol. The molecule has 0 saturated carbocycles. The van der Waals surface area contributed by atoms with Gasteiger partial charge in [0, 0.05) is 12.1 Å². The Kier molecular flexibility index (Phi) is 4.57. The van der Waals surface area contributed by atoms with Crippen LogP contribution in [-0.4, -0.2) is 18.0 Å². The molecule has 0 atom stereocenters. The molecule has 21 heavy (non-hydrogen) atoms. The number of nitro groups is 1. The molecule has 0 unspecified atom stereocenters. The van der Waals surface area contributed by atoms with Crippen LogP contribution in [0.1, 0.15) is 9.67 Å². The highest BCUT2D eigenvalue weighted by molar-refractivity contribution is 7.12. The molecule has 2 rings (SSSR count). The minimum Gasteiger partial charge on any atom is -0.465 e. The van der Waals surface area contributed by atoms with E-state index in [1.165, 1.54) is 42.7 Å². The monoisotopic (exact) mass is 306 g/mol. The number of thiophene rings is 1. The van der Waals surface area contributed by atoms with E-state index < -0.39 is 10.9 Å². The minimum absolute atomic E-state index is 0.0108. The Balaban J connectivity index is 2.04. The summed E-state index contributed by atoms with van der Waals surface area (Å²) in [7, 11) is 1.29. The lowest BCUT2D eigenvalue weighted by Gasteiger charge is -1.98. The lowest BCUT2D eigenvalue weighted by atomic mass is 10.3. The number of non-ortho nitro benzene ring substituents is 1. The van der Waals surface area contributed by atoms with Gasteiger partial charge in [0.1, 0.15) is 10.6 Å². The van der Waals surface area contributed by atoms with Gasteiger partial charge in [-0.15, -0.1) is 16.5 Å². The number of benzene rings is 1. The third-order valence-electron chi connectivity index (χ3n) is 2.43. The number of rotatable bonds is 5. The molecule has 1 N–H and O–H groups in total. The van der Waals surface area contributed by atoms with Crippen molar-refractivity contribution in [3.63, 3.8) is 0 Å². The lowest BCUT2D eigenvalue weighted by Crippen LogP contribution is -1.97. The summed E-state index contributed by atoms with van der Waals surface area (Å²) >= 11 is 1.20. The van der Waals surface area contributed by atoms with E-state index in [1.54, 1.807) is 11.4 Å². The number of nitrogens with zero attached hydrogens (tertiary/aromatic N) is 3. The van der Waals surface area contributed by atoms with Gasteiger partial charge in [0.05, 0.1) is 17.7 Å². The summed E-state index contributed by atoms with van der Waals surface area (Å²) in [6, 6.07) is 7.35. The zero-order valence-electron chi connectivity index (χ0n) is 10.8. The number of nitro benzene ring substituents is 1. The molecule has 0 fully saturated rings. The molecule has 0 aliphatic rings. The maximum atomic E-state index is 11.4. The molecule has 0 amide bonds. The van der Waals surface area contributed by atoms with Gasteiger partial charge in [-0.2, -0.15) is 0 Å². The molecule has 8 nitrogen and oxygen atoms in total. The zero-order chi connectivity index (χ0) is 15.2. The van der Waals surface area contributed by atoms with Crippen molar-refractivity contribution in [2.75, 3.05) is 12.5 Å². The molecule has 0 spiro atoms. The number of esters is 1. The third-order valence-corrected chi connectivity index (χ3v) is 3.31. The quantitative estimate of drug-likeness (QED) is 0.393. The van der Waals surface area contributed by atoms with E-state index in [1.807, 2.05) is 0 Å². The van der Waals surface area contributed by atoms with Crippen LogP contribution in [0.2, 0.25) is 0 Å². The molecule has 0 radical (unpaired) electrons. The maximum Gasteiger partial charge on any atom is 0.350 e. The number of carbonyl (C=O) groups excluding carboxylic acids is 1. The minimum atomic E-state index is -0.487. The van der Waals surface area contributed by atoms with Crippen molar-refractivity contribution >= 4 is 34.4 Å². The number of methoxy groups -OCH3 is 1. The molecule has 1 heterocycles. The van der Waals surface area contributed by atoms with Crippen molar-refractivity contribution in [1.82, 2.24) is 0 Å². The number of hydrogen-bond donors (Lipinski definition) is 1. The molecule has 0 aliphatic heterocycles. The predicted octanol–water partition coefficient (Wildman–Crippen LogP) is 3.55. The van der Waals surface area contributed by atoms with Crippen molar-refractivity contribution in [1.29, 1.82) is 0 Å². The van der Waals surface area contributed by atoms with Gasteiger partial charge in [-0.05, 0) is 23.6 Å². The zero-order valence-corrected chi connectivity index (χ0v) is 11.7. The van der Waals surface area contributed by atoms with E-state index in [0.717, 1.165) is 0 Å². The fourth-order valence-electron chi connectivity index (χ4n) is 1.42. The van der Waals surface area contributed by atoms with Crippen molar-refractivity contribution < 1.29 is 14.5 Å². The second-order valence-corrected chi connectivity index (χ2v) is 4.66. The topological polar surface area (TPSA) is 106 Å². The average Bonchev–Trinajstić information content (AvgIpc) is 2.95. The van der Waals surface area contributed by atoms with E-state index in [9.17, 15) is 14.9 Å². The number of carbonyl (C=O) groups is 1. The number of hydrogen-bond acceptors (Lipinski definition) is 7. The van der Waals surface area contributed by atoms with Crippen LogP contribution >= 0.6 is 11.3 Å². The second-order valence-electron chi connectivity index (χ2n) is 3.74. The van der Waals surface area contributed by atoms with Gasteiger partial charge in [0.15, 0.2) is 0 Å². The van der Waals surface area contributed by atoms with Gasteiger partial charge in [0.25, 0.3) is 5.69 Å². The predicted molar refractivity (Wildman–Crippen MR) is 76.9 cm³/mol. The summed E-state index contributed by atoms with van der Waals surface area (Å²) in [5.41, 5.74) is 3.54. The van der Waals surface area contributed by atoms with Crippen LogP contribution in [0.3, 0.4) is 0 Å². The summed E-state index contributed by atoms with van der Waals surface area (Å²) in [5, 5.41) is 19.8. The first-order chi connectivity index (χ1) is 10.1. The van der Waals surface area contributed by atoms with Gasteiger partial charge in [0.2, 0.25) is 0 Å². The van der Waals surface area contributed by atoms with Gasteiger partial charge < -0.3 is 4.74 Å². The van der Waals surface area contributed by atoms with E-state index in [-0.39, 0.29) is 5.69 Å². The fraction of sp³-hybridized carbons (Fsp3) is 0.0833. The van der Waals surface area contributed by atoms with E-state index in [2.05, 4.69) is 20.5 Å². The Labute approximate surface area is 123 Å². The summed E-state index contributed by atoms with van der Waals surface area (Å²) < 4.78 is 4.62. The van der Waals surface area contributed by atoms with Gasteiger partial charge in [-0.1, -0.05) is 5.22 Å². The highest BCUT2D eigenvalue weighted by Gasteiger charge is 2.13. The van der Waals surface area contributed by atoms with Crippen molar-refractivity contribution in [3.8, 4) is 0 Å². The van der Waals surface area contributed by atoms with Gasteiger partial charge in [-0.25, -0.2) is 4.79 Å². The third kappa shape index (κ3) is 3.60. The summed E-state index contributed by atoms with van der Waals surface area (Å²) in [4.78, 5) is 21.8. The highest BCUT2D eigenvalue weighted by Crippen LogP contribution is 2.26. The van der Waals surface area contributed by atoms with Crippen LogP contribution in [0.5, 0.6) is 0 Å². The normalized spacial score (nSPS) is 10.5. The van der Waals surface area contributed by atoms with Crippen LogP contribution in [0.15, 0.2) is 46.0 Å². The number of anilines is 1. The summed E-state index contributed by atoms with van der Waals surface area (Å²) in [6.07, 6.45) is 0. The van der Waals surface area contributed by atoms with Crippen LogP contribution in [0.25, 0.3) is 0 Å². The van der Waals surface area contributed by atoms with Crippen LogP contribution in [-0.2, 0) is 4.74 Å². The fourth-order valence-corrected chi connectivity index (χ4v) is 2.16. The van der Waals surface area contributed by atoms with E-state index in [4.69, 9.17) is 0 Å². The van der Waals surface area contributed by atoms with Gasteiger partial charge >= 0.3 is 5.97 Å². The smallest absolute Gasteiger partial charge is 0.350 e. The lowest BCUT2D eigenvalue weighted by molar-refractivity contribution is -0.384. The first-order valence-corrected chi connectivity index (χ1v) is 6.57. The van der Waals surface area contributed by atoms with E-state index >= 15 is 0 Å². The SMILES string of the molecule is COC(=O)c1sccc1N=NNc1ccc([N+](=O)[O-])cc1.